The third kappa shape index (κ3) is 5.23. The fraction of sp³-hybridized carbons (Fsp3) is 0.350. The number of benzene rings is 2. The fourth-order valence-corrected chi connectivity index (χ4v) is 4.28. The van der Waals surface area contributed by atoms with Gasteiger partial charge in [-0.05, 0) is 24.6 Å². The Bertz CT molecular complexity index is 861. The van der Waals surface area contributed by atoms with E-state index in [4.69, 9.17) is 4.74 Å². The molecule has 1 atom stereocenters. The Balaban J connectivity index is 1.82. The Kier molecular flexibility index (Phi) is 6.38. The lowest BCUT2D eigenvalue weighted by molar-refractivity contribution is 0.0345. The van der Waals surface area contributed by atoms with Gasteiger partial charge in [0.05, 0.1) is 24.2 Å². The van der Waals surface area contributed by atoms with Crippen LogP contribution in [0.2, 0.25) is 0 Å². The van der Waals surface area contributed by atoms with Crippen molar-refractivity contribution in [2.45, 2.75) is 17.9 Å². The summed E-state index contributed by atoms with van der Waals surface area (Å²) in [6, 6.07) is 15.2. The molecule has 1 aliphatic heterocycles. The lowest BCUT2D eigenvalue weighted by atomic mass is 10.1. The van der Waals surface area contributed by atoms with Crippen LogP contribution < -0.4 is 4.72 Å². The zero-order valence-corrected chi connectivity index (χ0v) is 16.1. The summed E-state index contributed by atoms with van der Waals surface area (Å²) in [4.78, 5) is 13.8. The van der Waals surface area contributed by atoms with E-state index in [2.05, 4.69) is 9.62 Å². The molecule has 2 aromatic carbocycles. The van der Waals surface area contributed by atoms with Crippen LogP contribution in [0, 0.1) is 0 Å². The van der Waals surface area contributed by atoms with Crippen molar-refractivity contribution >= 4 is 15.8 Å². The quantitative estimate of drug-likeness (QED) is 0.736. The predicted molar refractivity (Wildman–Crippen MR) is 103 cm³/mol. The minimum absolute atomic E-state index is 0.0959. The second kappa shape index (κ2) is 8.75. The number of hydrogen-bond donors (Lipinski definition) is 1. The molecular weight excluding hydrogens is 364 g/mol. The van der Waals surface area contributed by atoms with Crippen molar-refractivity contribution in [1.29, 1.82) is 0 Å². The van der Waals surface area contributed by atoms with E-state index in [1.165, 1.54) is 31.2 Å². The van der Waals surface area contributed by atoms with Gasteiger partial charge in [-0.15, -0.1) is 0 Å². The first-order chi connectivity index (χ1) is 13.0. The molecule has 0 bridgehead atoms. The largest absolute Gasteiger partial charge is 0.379 e. The van der Waals surface area contributed by atoms with E-state index in [0.717, 1.165) is 18.7 Å². The lowest BCUT2D eigenvalue weighted by Crippen LogP contribution is -2.43. The molecule has 7 heteroatoms. The molecule has 27 heavy (non-hydrogen) atoms. The standard InChI is InChI=1S/C20H24N2O4S/c1-16(23)17-7-9-19(10-8-17)27(24,25)21-20(18-5-3-2-4-6-18)15-22-11-13-26-14-12-22/h2-10,20-21H,11-15H2,1H3. The van der Waals surface area contributed by atoms with Crippen LogP contribution in [-0.2, 0) is 14.8 Å². The smallest absolute Gasteiger partial charge is 0.241 e. The number of sulfonamides is 1. The highest BCUT2D eigenvalue weighted by Gasteiger charge is 2.24. The minimum atomic E-state index is -3.72. The second-order valence-corrected chi connectivity index (χ2v) is 8.29. The van der Waals surface area contributed by atoms with Crippen LogP contribution in [0.15, 0.2) is 59.5 Å². The van der Waals surface area contributed by atoms with Crippen LogP contribution in [-0.4, -0.2) is 51.9 Å². The van der Waals surface area contributed by atoms with Gasteiger partial charge in [0.1, 0.15) is 0 Å². The zero-order chi connectivity index (χ0) is 19.3. The number of nitrogens with zero attached hydrogens (tertiary/aromatic N) is 1. The van der Waals surface area contributed by atoms with E-state index in [-0.39, 0.29) is 16.7 Å². The minimum Gasteiger partial charge on any atom is -0.379 e. The average Bonchev–Trinajstić information content (AvgIpc) is 2.69. The molecule has 1 N–H and O–H groups in total. The van der Waals surface area contributed by atoms with E-state index < -0.39 is 10.0 Å². The third-order valence-electron chi connectivity index (χ3n) is 4.61. The van der Waals surface area contributed by atoms with Crippen LogP contribution in [0.5, 0.6) is 0 Å². The summed E-state index contributed by atoms with van der Waals surface area (Å²) in [5, 5.41) is 0. The van der Waals surface area contributed by atoms with Gasteiger partial charge >= 0.3 is 0 Å². The van der Waals surface area contributed by atoms with E-state index in [9.17, 15) is 13.2 Å². The van der Waals surface area contributed by atoms with Crippen LogP contribution >= 0.6 is 0 Å². The maximum Gasteiger partial charge on any atom is 0.241 e. The van der Waals surface area contributed by atoms with E-state index in [0.29, 0.717) is 25.3 Å². The van der Waals surface area contributed by atoms with Gasteiger partial charge in [0.25, 0.3) is 0 Å². The summed E-state index contributed by atoms with van der Waals surface area (Å²) >= 11 is 0. The molecule has 0 spiro atoms. The SMILES string of the molecule is CC(=O)c1ccc(S(=O)(=O)NC(CN2CCOCC2)c2ccccc2)cc1. The molecule has 6 nitrogen and oxygen atoms in total. The molecule has 1 aliphatic rings. The second-order valence-electron chi connectivity index (χ2n) is 6.58. The maximum absolute atomic E-state index is 12.9. The van der Waals surface area contributed by atoms with Crippen molar-refractivity contribution in [3.8, 4) is 0 Å². The van der Waals surface area contributed by atoms with Gasteiger partial charge in [0.2, 0.25) is 10.0 Å². The Morgan fingerprint density at radius 1 is 1.07 bits per heavy atom. The van der Waals surface area contributed by atoms with Crippen molar-refractivity contribution in [2.24, 2.45) is 0 Å². The van der Waals surface area contributed by atoms with Crippen molar-refractivity contribution in [1.82, 2.24) is 9.62 Å². The van der Waals surface area contributed by atoms with Gasteiger partial charge in [0, 0.05) is 25.2 Å². The van der Waals surface area contributed by atoms with Crippen molar-refractivity contribution in [3.05, 3.63) is 65.7 Å². The molecule has 1 saturated heterocycles. The highest BCUT2D eigenvalue weighted by Crippen LogP contribution is 2.20. The summed E-state index contributed by atoms with van der Waals surface area (Å²) in [6.07, 6.45) is 0. The molecule has 0 radical (unpaired) electrons. The molecule has 3 rings (SSSR count). The van der Waals surface area contributed by atoms with Crippen LogP contribution in [0.1, 0.15) is 28.9 Å². The molecule has 1 unspecified atom stereocenters. The molecule has 1 fully saturated rings. The summed E-state index contributed by atoms with van der Waals surface area (Å²) in [7, 11) is -3.72. The summed E-state index contributed by atoms with van der Waals surface area (Å²) in [5.74, 6) is -0.0959. The number of nitrogens with one attached hydrogen (secondary N) is 1. The number of carbonyl (C=O) groups is 1. The van der Waals surface area contributed by atoms with Gasteiger partial charge in [-0.2, -0.15) is 0 Å². The highest BCUT2D eigenvalue weighted by atomic mass is 32.2. The lowest BCUT2D eigenvalue weighted by Gasteiger charge is -2.31. The van der Waals surface area contributed by atoms with Crippen molar-refractivity contribution < 1.29 is 17.9 Å². The number of ketones is 1. The van der Waals surface area contributed by atoms with Gasteiger partial charge in [-0.25, -0.2) is 13.1 Å². The first-order valence-corrected chi connectivity index (χ1v) is 10.4. The molecule has 0 aliphatic carbocycles. The van der Waals surface area contributed by atoms with Crippen LogP contribution in [0.4, 0.5) is 0 Å². The van der Waals surface area contributed by atoms with E-state index in [1.54, 1.807) is 0 Å². The van der Waals surface area contributed by atoms with Gasteiger partial charge in [-0.3, -0.25) is 9.69 Å². The average molecular weight is 388 g/mol. The first-order valence-electron chi connectivity index (χ1n) is 8.94. The Labute approximate surface area is 160 Å². The van der Waals surface area contributed by atoms with Crippen molar-refractivity contribution in [2.75, 3.05) is 32.8 Å². The first kappa shape index (κ1) is 19.7. The van der Waals surface area contributed by atoms with E-state index >= 15 is 0 Å². The number of hydrogen-bond acceptors (Lipinski definition) is 5. The maximum atomic E-state index is 12.9. The number of rotatable bonds is 7. The normalized spacial score (nSPS) is 16.8. The fourth-order valence-electron chi connectivity index (χ4n) is 3.06. The monoisotopic (exact) mass is 388 g/mol. The van der Waals surface area contributed by atoms with E-state index in [1.807, 2.05) is 30.3 Å². The van der Waals surface area contributed by atoms with Crippen LogP contribution in [0.25, 0.3) is 0 Å². The topological polar surface area (TPSA) is 75.7 Å². The molecule has 144 valence electrons. The Morgan fingerprint density at radius 3 is 2.30 bits per heavy atom. The predicted octanol–water partition coefficient (Wildman–Crippen LogP) is 2.24. The third-order valence-corrected chi connectivity index (χ3v) is 6.10. The highest BCUT2D eigenvalue weighted by molar-refractivity contribution is 7.89. The molecule has 0 aromatic heterocycles. The Hall–Kier alpha value is -2.06. The van der Waals surface area contributed by atoms with Gasteiger partial charge in [-0.1, -0.05) is 42.5 Å². The summed E-state index contributed by atoms with van der Waals surface area (Å²) < 4.78 is 34.0. The van der Waals surface area contributed by atoms with Gasteiger partial charge in [0.15, 0.2) is 5.78 Å². The summed E-state index contributed by atoms with van der Waals surface area (Å²) in [6.45, 7) is 4.88. The number of carbonyl (C=O) groups excluding carboxylic acids is 1. The van der Waals surface area contributed by atoms with Gasteiger partial charge < -0.3 is 4.74 Å². The summed E-state index contributed by atoms with van der Waals surface area (Å²) in [5.41, 5.74) is 1.40. The number of ether oxygens (including phenoxy) is 1. The molecule has 1 heterocycles. The van der Waals surface area contributed by atoms with Crippen LogP contribution in [0.3, 0.4) is 0 Å². The molecule has 2 aromatic rings. The Morgan fingerprint density at radius 2 is 1.70 bits per heavy atom. The van der Waals surface area contributed by atoms with Crippen molar-refractivity contribution in [3.63, 3.8) is 0 Å². The zero-order valence-electron chi connectivity index (χ0n) is 15.3. The number of morpholine rings is 1. The molecular formula is C20H24N2O4S. The molecule has 0 amide bonds. The number of Topliss-reactive ketones (excluding diaryl/α,β-unsaturated/α-hetero) is 1. The molecule has 0 saturated carbocycles.